The van der Waals surface area contributed by atoms with Gasteiger partial charge < -0.3 is 0 Å². The fourth-order valence-electron chi connectivity index (χ4n) is 4.32. The van der Waals surface area contributed by atoms with Crippen molar-refractivity contribution in [1.29, 1.82) is 0 Å². The van der Waals surface area contributed by atoms with Gasteiger partial charge in [0.1, 0.15) is 0 Å². The van der Waals surface area contributed by atoms with E-state index in [1.807, 2.05) is 0 Å². The predicted molar refractivity (Wildman–Crippen MR) is 144 cm³/mol. The summed E-state index contributed by atoms with van der Waals surface area (Å²) in [7, 11) is 0. The molecular weight excluding hydrogens is 566 g/mol. The second kappa shape index (κ2) is 12.8. The Morgan fingerprint density at radius 3 is 1.07 bits per heavy atom. The second-order valence-corrected chi connectivity index (χ2v) is 10.5. The topological polar surface area (TPSA) is 0 Å². The van der Waals surface area contributed by atoms with Gasteiger partial charge in [-0.3, -0.25) is 0 Å². The van der Waals surface area contributed by atoms with Crippen molar-refractivity contribution >= 4 is 56.0 Å². The SMILES string of the molecule is CCCCc1c(CCCC)c(CCCC)c2cc(I)c(I)cc2c1CCCC. The number of hydrogen-bond acceptors (Lipinski definition) is 0. The normalized spacial score (nSPS) is 11.5. The molecule has 0 spiro atoms. The van der Waals surface area contributed by atoms with E-state index in [4.69, 9.17) is 0 Å². The molecule has 0 amide bonds. The van der Waals surface area contributed by atoms with Crippen LogP contribution in [0.25, 0.3) is 10.8 Å². The lowest BCUT2D eigenvalue weighted by atomic mass is 9.82. The molecule has 0 aromatic heterocycles. The molecule has 0 unspecified atom stereocenters. The predicted octanol–water partition coefficient (Wildman–Crippen LogP) is 9.42. The van der Waals surface area contributed by atoms with Crippen molar-refractivity contribution in [3.8, 4) is 0 Å². The van der Waals surface area contributed by atoms with Crippen LogP contribution in [0.3, 0.4) is 0 Å². The number of fused-ring (bicyclic) bond motifs is 1. The first kappa shape index (κ1) is 24.4. The minimum atomic E-state index is 1.25. The maximum absolute atomic E-state index is 2.53. The largest absolute Gasteiger partial charge is 0.0654 e. The molecule has 0 aliphatic carbocycles. The van der Waals surface area contributed by atoms with Crippen molar-refractivity contribution in [3.05, 3.63) is 41.5 Å². The Kier molecular flexibility index (Phi) is 11.1. The first-order valence-corrected chi connectivity index (χ1v) is 13.7. The Morgan fingerprint density at radius 2 is 0.786 bits per heavy atom. The van der Waals surface area contributed by atoms with E-state index in [2.05, 4.69) is 85.0 Å². The summed E-state index contributed by atoms with van der Waals surface area (Å²) in [5.41, 5.74) is 6.84. The molecule has 2 rings (SSSR count). The van der Waals surface area contributed by atoms with E-state index < -0.39 is 0 Å². The van der Waals surface area contributed by atoms with Crippen LogP contribution in [-0.2, 0) is 25.7 Å². The van der Waals surface area contributed by atoms with E-state index >= 15 is 0 Å². The summed E-state index contributed by atoms with van der Waals surface area (Å²) in [5.74, 6) is 0. The van der Waals surface area contributed by atoms with Gasteiger partial charge in [0, 0.05) is 7.14 Å². The molecule has 156 valence electrons. The maximum atomic E-state index is 2.53. The molecule has 0 radical (unpaired) electrons. The summed E-state index contributed by atoms with van der Waals surface area (Å²) in [6.07, 6.45) is 15.4. The molecule has 0 atom stereocenters. The van der Waals surface area contributed by atoms with Gasteiger partial charge in [0.15, 0.2) is 0 Å². The molecule has 2 heteroatoms. The Morgan fingerprint density at radius 1 is 0.500 bits per heavy atom. The minimum Gasteiger partial charge on any atom is -0.0654 e. The summed E-state index contributed by atoms with van der Waals surface area (Å²) < 4.78 is 2.82. The van der Waals surface area contributed by atoms with Crippen LogP contribution in [0.15, 0.2) is 12.1 Å². The highest BCUT2D eigenvalue weighted by atomic mass is 127. The lowest BCUT2D eigenvalue weighted by Crippen LogP contribution is -2.09. The average molecular weight is 604 g/mol. The minimum absolute atomic E-state index is 1.25. The van der Waals surface area contributed by atoms with Gasteiger partial charge in [-0.25, -0.2) is 0 Å². The Hall–Kier alpha value is 0.160. The monoisotopic (exact) mass is 604 g/mol. The number of unbranched alkanes of at least 4 members (excludes halogenated alkanes) is 4. The molecule has 0 N–H and O–H groups in total. The molecule has 0 saturated carbocycles. The third-order valence-corrected chi connectivity index (χ3v) is 8.74. The summed E-state index contributed by atoms with van der Waals surface area (Å²) in [6.45, 7) is 9.33. The van der Waals surface area contributed by atoms with E-state index in [1.54, 1.807) is 33.0 Å². The lowest BCUT2D eigenvalue weighted by Gasteiger charge is -2.24. The van der Waals surface area contributed by atoms with Crippen molar-refractivity contribution in [2.45, 2.75) is 105 Å². The van der Waals surface area contributed by atoms with Gasteiger partial charge in [-0.2, -0.15) is 0 Å². The van der Waals surface area contributed by atoms with Crippen LogP contribution in [-0.4, -0.2) is 0 Å². The molecule has 0 saturated heterocycles. The van der Waals surface area contributed by atoms with Gasteiger partial charge in [-0.15, -0.1) is 0 Å². The third kappa shape index (κ3) is 6.09. The average Bonchev–Trinajstić information content (AvgIpc) is 2.69. The van der Waals surface area contributed by atoms with Crippen LogP contribution < -0.4 is 0 Å². The molecule has 0 heterocycles. The van der Waals surface area contributed by atoms with Crippen molar-refractivity contribution in [3.63, 3.8) is 0 Å². The number of halogens is 2. The summed E-state index contributed by atoms with van der Waals surface area (Å²) in [5, 5.41) is 3.13. The van der Waals surface area contributed by atoms with E-state index in [9.17, 15) is 0 Å². The quantitative estimate of drug-likeness (QED) is 0.212. The Labute approximate surface area is 200 Å². The van der Waals surface area contributed by atoms with E-state index in [0.29, 0.717) is 0 Å². The third-order valence-electron chi connectivity index (χ3n) is 5.92. The van der Waals surface area contributed by atoms with Crippen LogP contribution >= 0.6 is 45.2 Å². The highest BCUT2D eigenvalue weighted by molar-refractivity contribution is 14.1. The Bertz CT molecular complexity index is 697. The lowest BCUT2D eigenvalue weighted by molar-refractivity contribution is 0.724. The number of aryl methyl sites for hydroxylation is 2. The van der Waals surface area contributed by atoms with Gasteiger partial charge in [0.2, 0.25) is 0 Å². The highest BCUT2D eigenvalue weighted by Gasteiger charge is 2.19. The van der Waals surface area contributed by atoms with E-state index in [1.165, 1.54) is 84.2 Å². The first-order chi connectivity index (χ1) is 13.6. The zero-order chi connectivity index (χ0) is 20.5. The molecule has 0 aliphatic rings. The standard InChI is InChI=1S/C26H38I2/c1-5-9-13-19-20(14-10-6-2)22(16-12-8-4)24-18-26(28)25(27)17-23(24)21(19)15-11-7-3/h17-18H,5-16H2,1-4H3. The van der Waals surface area contributed by atoms with Gasteiger partial charge in [0.25, 0.3) is 0 Å². The fraction of sp³-hybridized carbons (Fsp3) is 0.615. The zero-order valence-electron chi connectivity index (χ0n) is 18.4. The molecule has 2 aromatic carbocycles. The van der Waals surface area contributed by atoms with Crippen molar-refractivity contribution in [2.24, 2.45) is 0 Å². The highest BCUT2D eigenvalue weighted by Crippen LogP contribution is 2.37. The molecule has 2 aromatic rings. The van der Waals surface area contributed by atoms with Gasteiger partial charge >= 0.3 is 0 Å². The van der Waals surface area contributed by atoms with Crippen LogP contribution in [0, 0.1) is 7.14 Å². The van der Waals surface area contributed by atoms with Crippen molar-refractivity contribution < 1.29 is 0 Å². The summed E-state index contributed by atoms with van der Waals surface area (Å²) in [4.78, 5) is 0. The maximum Gasteiger partial charge on any atom is 0.0270 e. The molecule has 28 heavy (non-hydrogen) atoms. The first-order valence-electron chi connectivity index (χ1n) is 11.5. The van der Waals surface area contributed by atoms with Gasteiger partial charge in [0.05, 0.1) is 0 Å². The Balaban J connectivity index is 2.82. The van der Waals surface area contributed by atoms with Crippen LogP contribution in [0.1, 0.15) is 101 Å². The van der Waals surface area contributed by atoms with Crippen LogP contribution in [0.5, 0.6) is 0 Å². The van der Waals surface area contributed by atoms with Crippen LogP contribution in [0.4, 0.5) is 0 Å². The van der Waals surface area contributed by atoms with E-state index in [-0.39, 0.29) is 0 Å². The van der Waals surface area contributed by atoms with Crippen molar-refractivity contribution in [2.75, 3.05) is 0 Å². The smallest absolute Gasteiger partial charge is 0.0270 e. The molecular formula is C26H38I2. The number of hydrogen-bond donors (Lipinski definition) is 0. The van der Waals surface area contributed by atoms with Gasteiger partial charge in [-0.1, -0.05) is 53.4 Å². The molecule has 0 fully saturated rings. The molecule has 0 nitrogen and oxygen atoms in total. The second-order valence-electron chi connectivity index (χ2n) is 8.14. The summed E-state index contributed by atoms with van der Waals surface area (Å²) in [6, 6.07) is 4.99. The summed E-state index contributed by atoms with van der Waals surface area (Å²) >= 11 is 5.06. The van der Waals surface area contributed by atoms with Crippen molar-refractivity contribution in [1.82, 2.24) is 0 Å². The zero-order valence-corrected chi connectivity index (χ0v) is 22.7. The van der Waals surface area contributed by atoms with E-state index in [0.717, 1.165) is 0 Å². The number of rotatable bonds is 12. The van der Waals surface area contributed by atoms with Gasteiger partial charge in [-0.05, 0) is 142 Å². The molecule has 0 bridgehead atoms. The fourth-order valence-corrected chi connectivity index (χ4v) is 5.26. The molecule has 0 aliphatic heterocycles. The number of benzene rings is 2. The van der Waals surface area contributed by atoms with Crippen LogP contribution in [0.2, 0.25) is 0 Å².